The molecule has 0 spiro atoms. The minimum absolute atomic E-state index is 0.173. The van der Waals surface area contributed by atoms with Crippen LogP contribution in [0.1, 0.15) is 28.8 Å². The topological polar surface area (TPSA) is 58.6 Å². The van der Waals surface area contributed by atoms with Crippen LogP contribution in [0.5, 0.6) is 11.5 Å². The van der Waals surface area contributed by atoms with Crippen LogP contribution >= 0.6 is 0 Å². The van der Waals surface area contributed by atoms with Crippen LogP contribution in [-0.2, 0) is 11.3 Å². The molecule has 0 aliphatic carbocycles. The number of carbonyl (C=O) groups excluding carboxylic acids is 2. The lowest BCUT2D eigenvalue weighted by atomic mass is 10.1. The third-order valence-electron chi connectivity index (χ3n) is 4.84. The summed E-state index contributed by atoms with van der Waals surface area (Å²) in [6, 6.07) is 24.2. The minimum atomic E-state index is -0.219. The number of carbonyl (C=O) groups is 2. The molecule has 1 fully saturated rings. The minimum Gasteiger partial charge on any atom is -0.455 e. The number of anilines is 1. The fourth-order valence-corrected chi connectivity index (χ4v) is 3.37. The highest BCUT2D eigenvalue weighted by Crippen LogP contribution is 2.29. The molecule has 29 heavy (non-hydrogen) atoms. The number of hydrogen-bond donors (Lipinski definition) is 1. The van der Waals surface area contributed by atoms with E-state index in [2.05, 4.69) is 5.32 Å². The number of likely N-dealkylation sites (tertiary alicyclic amines) is 1. The average Bonchev–Trinajstić information content (AvgIpc) is 3.15. The summed E-state index contributed by atoms with van der Waals surface area (Å²) in [5.41, 5.74) is 2.09. The summed E-state index contributed by atoms with van der Waals surface area (Å²) < 4.78 is 5.91. The Morgan fingerprint density at radius 2 is 1.76 bits per heavy atom. The molecule has 2 amide bonds. The molecule has 1 saturated heterocycles. The number of para-hydroxylation sites is 3. The molecule has 0 atom stereocenters. The highest BCUT2D eigenvalue weighted by Gasteiger charge is 2.20. The van der Waals surface area contributed by atoms with Crippen LogP contribution in [0.4, 0.5) is 5.69 Å². The maximum absolute atomic E-state index is 12.8. The first-order valence-corrected chi connectivity index (χ1v) is 9.69. The summed E-state index contributed by atoms with van der Waals surface area (Å²) in [5.74, 6) is 1.23. The van der Waals surface area contributed by atoms with E-state index in [9.17, 15) is 9.59 Å². The zero-order chi connectivity index (χ0) is 20.1. The second-order valence-electron chi connectivity index (χ2n) is 6.98. The Morgan fingerprint density at radius 1 is 0.966 bits per heavy atom. The quantitative estimate of drug-likeness (QED) is 0.659. The van der Waals surface area contributed by atoms with Gasteiger partial charge in [-0.25, -0.2) is 0 Å². The van der Waals surface area contributed by atoms with Crippen molar-refractivity contribution < 1.29 is 14.3 Å². The van der Waals surface area contributed by atoms with Crippen molar-refractivity contribution in [2.45, 2.75) is 19.4 Å². The number of ether oxygens (including phenoxy) is 1. The summed E-state index contributed by atoms with van der Waals surface area (Å²) in [4.78, 5) is 26.5. The standard InChI is InChI=1S/C24H22N2O3/c27-23-14-7-15-26(23)17-18-8-6-9-19(16-18)24(28)25-21-12-4-5-13-22(21)29-20-10-2-1-3-11-20/h1-6,8-13,16H,7,14-15,17H2,(H,25,28). The lowest BCUT2D eigenvalue weighted by Gasteiger charge is -2.16. The molecule has 5 heteroatoms. The first-order valence-electron chi connectivity index (χ1n) is 9.69. The Morgan fingerprint density at radius 3 is 2.55 bits per heavy atom. The van der Waals surface area contributed by atoms with Crippen molar-refractivity contribution in [2.24, 2.45) is 0 Å². The molecule has 1 aliphatic heterocycles. The number of rotatable bonds is 6. The molecule has 3 aromatic rings. The fraction of sp³-hybridized carbons (Fsp3) is 0.167. The van der Waals surface area contributed by atoms with Crippen molar-refractivity contribution >= 4 is 17.5 Å². The van der Waals surface area contributed by atoms with E-state index in [4.69, 9.17) is 4.74 Å². The Hall–Kier alpha value is -3.60. The molecule has 5 nitrogen and oxygen atoms in total. The van der Waals surface area contributed by atoms with Crippen LogP contribution < -0.4 is 10.1 Å². The summed E-state index contributed by atoms with van der Waals surface area (Å²) >= 11 is 0. The average molecular weight is 386 g/mol. The number of amides is 2. The second kappa shape index (κ2) is 8.61. The van der Waals surface area contributed by atoms with Gasteiger partial charge in [-0.3, -0.25) is 9.59 Å². The van der Waals surface area contributed by atoms with Crippen LogP contribution in [0.25, 0.3) is 0 Å². The monoisotopic (exact) mass is 386 g/mol. The highest BCUT2D eigenvalue weighted by atomic mass is 16.5. The summed E-state index contributed by atoms with van der Waals surface area (Å²) in [6.45, 7) is 1.31. The second-order valence-corrected chi connectivity index (χ2v) is 6.98. The molecule has 4 rings (SSSR count). The molecule has 0 unspecified atom stereocenters. The SMILES string of the molecule is O=C(Nc1ccccc1Oc1ccccc1)c1cccc(CN2CCCC2=O)c1. The van der Waals surface area contributed by atoms with E-state index < -0.39 is 0 Å². The van der Waals surface area contributed by atoms with Crippen molar-refractivity contribution in [3.05, 3.63) is 90.0 Å². The van der Waals surface area contributed by atoms with E-state index in [1.54, 1.807) is 6.07 Å². The normalized spacial score (nSPS) is 13.4. The summed E-state index contributed by atoms with van der Waals surface area (Å²) in [5, 5.41) is 2.93. The van der Waals surface area contributed by atoms with Crippen molar-refractivity contribution in [2.75, 3.05) is 11.9 Å². The number of benzene rings is 3. The predicted octanol–water partition coefficient (Wildman–Crippen LogP) is 4.85. The zero-order valence-electron chi connectivity index (χ0n) is 16.0. The first kappa shape index (κ1) is 18.7. The van der Waals surface area contributed by atoms with E-state index in [1.807, 2.05) is 77.7 Å². The van der Waals surface area contributed by atoms with Gasteiger partial charge >= 0.3 is 0 Å². The van der Waals surface area contributed by atoms with Gasteiger partial charge in [-0.15, -0.1) is 0 Å². The van der Waals surface area contributed by atoms with Crippen molar-refractivity contribution in [3.63, 3.8) is 0 Å². The van der Waals surface area contributed by atoms with Gasteiger partial charge in [0.2, 0.25) is 5.91 Å². The van der Waals surface area contributed by atoms with Gasteiger partial charge in [0, 0.05) is 25.1 Å². The summed E-state index contributed by atoms with van der Waals surface area (Å²) in [7, 11) is 0. The Bertz CT molecular complexity index is 1020. The van der Waals surface area contributed by atoms with Crippen LogP contribution in [-0.4, -0.2) is 23.3 Å². The van der Waals surface area contributed by atoms with E-state index in [-0.39, 0.29) is 11.8 Å². The van der Waals surface area contributed by atoms with Gasteiger partial charge in [-0.05, 0) is 48.4 Å². The van der Waals surface area contributed by atoms with Crippen molar-refractivity contribution in [3.8, 4) is 11.5 Å². The smallest absolute Gasteiger partial charge is 0.255 e. The maximum atomic E-state index is 12.8. The van der Waals surface area contributed by atoms with E-state index in [0.717, 1.165) is 18.5 Å². The maximum Gasteiger partial charge on any atom is 0.255 e. The summed E-state index contributed by atoms with van der Waals surface area (Å²) in [6.07, 6.45) is 1.51. The van der Waals surface area contributed by atoms with Gasteiger partial charge in [0.05, 0.1) is 5.69 Å². The molecule has 0 aromatic heterocycles. The Kier molecular flexibility index (Phi) is 5.56. The fourth-order valence-electron chi connectivity index (χ4n) is 3.37. The number of nitrogens with zero attached hydrogens (tertiary/aromatic N) is 1. The molecule has 146 valence electrons. The zero-order valence-corrected chi connectivity index (χ0v) is 16.0. The lowest BCUT2D eigenvalue weighted by Crippen LogP contribution is -2.24. The molecule has 3 aromatic carbocycles. The van der Waals surface area contributed by atoms with E-state index >= 15 is 0 Å². The molecule has 1 N–H and O–H groups in total. The lowest BCUT2D eigenvalue weighted by molar-refractivity contribution is -0.128. The van der Waals surface area contributed by atoms with Crippen LogP contribution in [0.3, 0.4) is 0 Å². The highest BCUT2D eigenvalue weighted by molar-refractivity contribution is 6.05. The van der Waals surface area contributed by atoms with Crippen LogP contribution in [0.15, 0.2) is 78.9 Å². The Labute approximate surface area is 169 Å². The van der Waals surface area contributed by atoms with Crippen LogP contribution in [0, 0.1) is 0 Å². The number of hydrogen-bond acceptors (Lipinski definition) is 3. The van der Waals surface area contributed by atoms with Gasteiger partial charge in [0.1, 0.15) is 5.75 Å². The first-order chi connectivity index (χ1) is 14.2. The van der Waals surface area contributed by atoms with Gasteiger partial charge in [0.15, 0.2) is 5.75 Å². The predicted molar refractivity (Wildman–Crippen MR) is 112 cm³/mol. The van der Waals surface area contributed by atoms with Crippen molar-refractivity contribution in [1.82, 2.24) is 4.90 Å². The van der Waals surface area contributed by atoms with Crippen LogP contribution in [0.2, 0.25) is 0 Å². The largest absolute Gasteiger partial charge is 0.455 e. The molecular formula is C24H22N2O3. The molecule has 1 aliphatic rings. The molecule has 0 saturated carbocycles. The van der Waals surface area contributed by atoms with E-state index in [0.29, 0.717) is 35.7 Å². The molecular weight excluding hydrogens is 364 g/mol. The van der Waals surface area contributed by atoms with Gasteiger partial charge in [-0.2, -0.15) is 0 Å². The number of nitrogens with one attached hydrogen (secondary N) is 1. The van der Waals surface area contributed by atoms with Crippen molar-refractivity contribution in [1.29, 1.82) is 0 Å². The molecule has 0 radical (unpaired) electrons. The van der Waals surface area contributed by atoms with Gasteiger partial charge in [-0.1, -0.05) is 42.5 Å². The van der Waals surface area contributed by atoms with Gasteiger partial charge in [0.25, 0.3) is 5.91 Å². The Balaban J connectivity index is 1.48. The molecule has 0 bridgehead atoms. The third-order valence-corrected chi connectivity index (χ3v) is 4.84. The van der Waals surface area contributed by atoms with Gasteiger partial charge < -0.3 is 15.0 Å². The van der Waals surface area contributed by atoms with E-state index in [1.165, 1.54) is 0 Å². The third kappa shape index (κ3) is 4.63. The molecule has 1 heterocycles.